The second-order valence-electron chi connectivity index (χ2n) is 17.7. The summed E-state index contributed by atoms with van der Waals surface area (Å²) in [5.74, 6) is -2.52. The number of halogens is 1. The number of hydrogen-bond acceptors (Lipinski definition) is 16. The van der Waals surface area contributed by atoms with Crippen molar-refractivity contribution in [2.45, 2.75) is 115 Å². The summed E-state index contributed by atoms with van der Waals surface area (Å²) in [5, 5.41) is 0. The van der Waals surface area contributed by atoms with Gasteiger partial charge >= 0.3 is 23.9 Å². The predicted octanol–water partition coefficient (Wildman–Crippen LogP) is 8.39. The molecule has 5 aromatic rings. The number of carbonyl (C=O) groups excluding carboxylic acids is 4. The molecule has 0 bridgehead atoms. The van der Waals surface area contributed by atoms with Gasteiger partial charge in [0.05, 0.1) is 36.6 Å². The maximum atomic E-state index is 12.8. The van der Waals surface area contributed by atoms with Gasteiger partial charge in [-0.2, -0.15) is 0 Å². The lowest BCUT2D eigenvalue weighted by Crippen LogP contribution is -2.62. The molecule has 74 heavy (non-hydrogen) atoms. The SMILES string of the molecule is CC(=O)OC[C@H]1O[C@@H](/N=C2\O/C(=C(/I)[C@H]3O[C@H](COCc4ccccc4)[C@@H](OCc4ccccc4)[C@H](OCc4ccccc4)[C@@H]3OCc3ccccc3)c3ccccc32)[C@H](OC(C)=O)[C@@H](OC(C)=O)[C@H]1OC(C)=O. The summed E-state index contributed by atoms with van der Waals surface area (Å²) in [6.07, 6.45) is -10.8. The van der Waals surface area contributed by atoms with Crippen LogP contribution in [0.5, 0.6) is 0 Å². The first-order chi connectivity index (χ1) is 35.9. The number of fused-ring (bicyclic) bond motifs is 1. The monoisotopic (exact) mass is 1120 g/mol. The van der Waals surface area contributed by atoms with E-state index in [0.29, 0.717) is 27.1 Å². The average Bonchev–Trinajstić information content (AvgIpc) is 3.76. The van der Waals surface area contributed by atoms with E-state index in [9.17, 15) is 19.2 Å². The van der Waals surface area contributed by atoms with E-state index >= 15 is 0 Å². The van der Waals surface area contributed by atoms with Crippen LogP contribution in [0.4, 0.5) is 0 Å². The van der Waals surface area contributed by atoms with E-state index in [1.807, 2.05) is 140 Å². The minimum Gasteiger partial charge on any atom is -0.463 e. The lowest BCUT2D eigenvalue weighted by molar-refractivity contribution is -0.263. The summed E-state index contributed by atoms with van der Waals surface area (Å²) >= 11 is 2.23. The number of ether oxygens (including phenoxy) is 11. The Morgan fingerprint density at radius 2 is 0.919 bits per heavy atom. The highest BCUT2D eigenvalue weighted by molar-refractivity contribution is 14.1. The van der Waals surface area contributed by atoms with Crippen molar-refractivity contribution < 1.29 is 71.3 Å². The molecule has 10 atom stereocenters. The van der Waals surface area contributed by atoms with E-state index in [-0.39, 0.29) is 32.3 Å². The lowest BCUT2D eigenvalue weighted by atomic mass is 9.93. The molecule has 17 heteroatoms. The Labute approximate surface area is 443 Å². The highest BCUT2D eigenvalue weighted by Gasteiger charge is 2.54. The molecule has 3 aliphatic rings. The first-order valence-corrected chi connectivity index (χ1v) is 25.3. The van der Waals surface area contributed by atoms with Crippen molar-refractivity contribution in [2.75, 3.05) is 13.2 Å². The number of esters is 4. The van der Waals surface area contributed by atoms with Crippen molar-refractivity contribution in [2.24, 2.45) is 4.99 Å². The molecule has 3 aliphatic heterocycles. The van der Waals surface area contributed by atoms with Gasteiger partial charge in [0.2, 0.25) is 5.90 Å². The van der Waals surface area contributed by atoms with Gasteiger partial charge in [0, 0.05) is 38.8 Å². The zero-order valence-electron chi connectivity index (χ0n) is 41.3. The van der Waals surface area contributed by atoms with Crippen LogP contribution < -0.4 is 0 Å². The van der Waals surface area contributed by atoms with Gasteiger partial charge < -0.3 is 52.1 Å². The first-order valence-electron chi connectivity index (χ1n) is 24.2. The van der Waals surface area contributed by atoms with Crippen LogP contribution in [0.3, 0.4) is 0 Å². The van der Waals surface area contributed by atoms with E-state index in [0.717, 1.165) is 36.1 Å². The number of benzene rings is 5. The van der Waals surface area contributed by atoms with E-state index in [4.69, 9.17) is 57.1 Å². The number of rotatable bonds is 20. The Balaban J connectivity index is 1.22. The Morgan fingerprint density at radius 3 is 1.45 bits per heavy atom. The molecule has 0 N–H and O–H groups in total. The molecular weight excluding hydrogens is 1070 g/mol. The largest absolute Gasteiger partial charge is 0.463 e. The van der Waals surface area contributed by atoms with Gasteiger partial charge in [0.1, 0.15) is 49.0 Å². The van der Waals surface area contributed by atoms with E-state index in [2.05, 4.69) is 22.6 Å². The van der Waals surface area contributed by atoms with E-state index in [1.165, 1.54) is 13.8 Å². The Bertz CT molecular complexity index is 2730. The quantitative estimate of drug-likeness (QED) is 0.0411. The van der Waals surface area contributed by atoms with Crippen LogP contribution >= 0.6 is 22.6 Å². The first kappa shape index (κ1) is 54.0. The van der Waals surface area contributed by atoms with Crippen LogP contribution in [-0.2, 0) is 97.7 Å². The second kappa shape index (κ2) is 26.3. The lowest BCUT2D eigenvalue weighted by Gasteiger charge is -2.46. The van der Waals surface area contributed by atoms with Crippen LogP contribution in [0.25, 0.3) is 5.76 Å². The molecule has 2 saturated heterocycles. The fourth-order valence-electron chi connectivity index (χ4n) is 8.90. The van der Waals surface area contributed by atoms with Crippen molar-refractivity contribution >= 4 is 58.1 Å². The van der Waals surface area contributed by atoms with Gasteiger partial charge in [-0.3, -0.25) is 19.2 Å². The van der Waals surface area contributed by atoms with Crippen molar-refractivity contribution in [3.05, 3.63) is 183 Å². The molecule has 5 aromatic carbocycles. The van der Waals surface area contributed by atoms with Gasteiger partial charge in [0.25, 0.3) is 0 Å². The fraction of sp³-hybridized carbons (Fsp3) is 0.351. The van der Waals surface area contributed by atoms with Gasteiger partial charge in [-0.05, 0) is 50.9 Å². The molecule has 0 aromatic heterocycles. The molecule has 0 unspecified atom stereocenters. The van der Waals surface area contributed by atoms with Gasteiger partial charge in [-0.15, -0.1) is 0 Å². The van der Waals surface area contributed by atoms with Gasteiger partial charge in [-0.25, -0.2) is 4.99 Å². The standard InChI is InChI=1S/C57H58INO15/c1-35(60)65-34-46-50(69-36(2)61)54(70-37(3)62)55(71-38(4)63)57(73-46)59-56-44-28-18-17-27-43(44)48(74-56)47(58)51-53(68-32-42-25-15-8-16-26-42)52(67-31-41-23-13-7-14-24-41)49(66-30-40-21-11-6-12-22-40)45(72-51)33-64-29-39-19-9-5-10-20-39/h5-28,45-46,49-55,57H,29-34H2,1-4H3/b48-47+,59-56-/t45-,46-,49-,50+,51-,52+,53-,54+,55-,57-/m1/s1. The Kier molecular flexibility index (Phi) is 19.1. The highest BCUT2D eigenvalue weighted by Crippen LogP contribution is 2.43. The Morgan fingerprint density at radius 1 is 0.473 bits per heavy atom. The van der Waals surface area contributed by atoms with Gasteiger partial charge in [0.15, 0.2) is 24.5 Å². The number of nitrogens with zero attached hydrogens (tertiary/aromatic N) is 1. The zero-order chi connectivity index (χ0) is 52.0. The summed E-state index contributed by atoms with van der Waals surface area (Å²) < 4.78 is 70.8. The molecule has 0 spiro atoms. The van der Waals surface area contributed by atoms with E-state index in [1.54, 1.807) is 6.07 Å². The molecule has 0 aliphatic carbocycles. The fourth-order valence-corrected chi connectivity index (χ4v) is 9.80. The summed E-state index contributed by atoms with van der Waals surface area (Å²) in [5.41, 5.74) is 4.98. The molecule has 16 nitrogen and oxygen atoms in total. The molecular formula is C57H58INO15. The molecule has 0 saturated carbocycles. The third-order valence-electron chi connectivity index (χ3n) is 12.2. The predicted molar refractivity (Wildman–Crippen MR) is 277 cm³/mol. The summed E-state index contributed by atoms with van der Waals surface area (Å²) in [6, 6.07) is 46.8. The summed E-state index contributed by atoms with van der Waals surface area (Å²) in [4.78, 5) is 54.8. The third-order valence-corrected chi connectivity index (χ3v) is 13.3. The molecule has 0 amide bonds. The third kappa shape index (κ3) is 14.3. The zero-order valence-corrected chi connectivity index (χ0v) is 43.5. The molecule has 8 rings (SSSR count). The minimum absolute atomic E-state index is 0.0481. The number of aliphatic imine (C=N–C) groups is 1. The molecule has 388 valence electrons. The maximum Gasteiger partial charge on any atom is 0.303 e. The second-order valence-corrected chi connectivity index (χ2v) is 18.9. The number of hydrogen-bond donors (Lipinski definition) is 0. The van der Waals surface area contributed by atoms with Crippen LogP contribution in [-0.4, -0.2) is 104 Å². The number of carbonyl (C=O) groups is 4. The smallest absolute Gasteiger partial charge is 0.303 e. The Hall–Kier alpha value is -6.32. The minimum atomic E-state index is -1.46. The van der Waals surface area contributed by atoms with Gasteiger partial charge in [-0.1, -0.05) is 140 Å². The van der Waals surface area contributed by atoms with Crippen LogP contribution in [0.2, 0.25) is 0 Å². The summed E-state index contributed by atoms with van der Waals surface area (Å²) in [7, 11) is 0. The topological polar surface area (TPSA) is 182 Å². The molecule has 3 heterocycles. The van der Waals surface area contributed by atoms with Crippen molar-refractivity contribution in [3.8, 4) is 0 Å². The summed E-state index contributed by atoms with van der Waals surface area (Å²) in [6.45, 7) is 5.36. The van der Waals surface area contributed by atoms with E-state index < -0.39 is 91.6 Å². The normalized spacial score (nSPS) is 25.5. The average molecular weight is 1120 g/mol. The van der Waals surface area contributed by atoms with Crippen molar-refractivity contribution in [1.82, 2.24) is 0 Å². The van der Waals surface area contributed by atoms with Crippen molar-refractivity contribution in [1.29, 1.82) is 0 Å². The molecule has 0 radical (unpaired) electrons. The maximum absolute atomic E-state index is 12.8. The highest BCUT2D eigenvalue weighted by atomic mass is 127. The van der Waals surface area contributed by atoms with Crippen LogP contribution in [0.15, 0.2) is 154 Å². The van der Waals surface area contributed by atoms with Crippen molar-refractivity contribution in [3.63, 3.8) is 0 Å². The van der Waals surface area contributed by atoms with Crippen LogP contribution in [0.1, 0.15) is 61.1 Å². The molecule has 2 fully saturated rings. The van der Waals surface area contributed by atoms with Crippen LogP contribution in [0, 0.1) is 0 Å².